The number of aryl methyl sites for hydroxylation is 2. The van der Waals surface area contributed by atoms with Gasteiger partial charge in [0.1, 0.15) is 4.88 Å². The van der Waals surface area contributed by atoms with Crippen molar-refractivity contribution >= 4 is 29.1 Å². The van der Waals surface area contributed by atoms with Crippen LogP contribution in [0.5, 0.6) is 0 Å². The topological polar surface area (TPSA) is 97.5 Å². The number of amides is 1. The van der Waals surface area contributed by atoms with Gasteiger partial charge in [0.2, 0.25) is 0 Å². The Kier molecular flexibility index (Phi) is 4.39. The number of carbonyl (C=O) groups excluding carboxylic acids is 1. The van der Waals surface area contributed by atoms with E-state index in [1.807, 2.05) is 6.92 Å². The highest BCUT2D eigenvalue weighted by atomic mass is 32.1. The Bertz CT molecular complexity index is 707. The summed E-state index contributed by atoms with van der Waals surface area (Å²) >= 11 is 1.30. The largest absolute Gasteiger partial charge is 0.283 e. The van der Waals surface area contributed by atoms with Crippen LogP contribution in [0.15, 0.2) is 29.4 Å². The Morgan fingerprint density at radius 3 is 2.57 bits per heavy atom. The summed E-state index contributed by atoms with van der Waals surface area (Å²) in [7, 11) is 0. The number of nitrogens with zero attached hydrogens (tertiary/aromatic N) is 3. The van der Waals surface area contributed by atoms with Gasteiger partial charge in [-0.15, -0.1) is 11.3 Å². The molecule has 8 heteroatoms. The second-order valence-electron chi connectivity index (χ2n) is 4.20. The average molecular weight is 304 g/mol. The molecule has 1 N–H and O–H groups in total. The van der Waals surface area contributed by atoms with Gasteiger partial charge < -0.3 is 0 Å². The Morgan fingerprint density at radius 1 is 1.38 bits per heavy atom. The Hall–Kier alpha value is -2.61. The molecule has 1 aromatic carbocycles. The molecule has 0 saturated carbocycles. The van der Waals surface area contributed by atoms with Crippen LogP contribution < -0.4 is 5.43 Å². The predicted molar refractivity (Wildman–Crippen MR) is 79.7 cm³/mol. The highest BCUT2D eigenvalue weighted by Crippen LogP contribution is 2.16. The van der Waals surface area contributed by atoms with Crippen LogP contribution in [0.2, 0.25) is 0 Å². The number of aromatic nitrogens is 1. The zero-order chi connectivity index (χ0) is 15.4. The monoisotopic (exact) mass is 304 g/mol. The first-order valence-corrected chi connectivity index (χ1v) is 6.81. The van der Waals surface area contributed by atoms with Crippen LogP contribution in [-0.2, 0) is 0 Å². The van der Waals surface area contributed by atoms with E-state index in [-0.39, 0.29) is 11.6 Å². The average Bonchev–Trinajstić information content (AvgIpc) is 2.78. The molecular weight excluding hydrogens is 292 g/mol. The predicted octanol–water partition coefficient (Wildman–Crippen LogP) is 2.43. The van der Waals surface area contributed by atoms with Crippen LogP contribution in [0, 0.1) is 24.0 Å². The smallest absolute Gasteiger partial charge is 0.266 e. The molecule has 1 heterocycles. The van der Waals surface area contributed by atoms with Gasteiger partial charge in [0.25, 0.3) is 11.6 Å². The molecule has 0 aliphatic carbocycles. The van der Waals surface area contributed by atoms with E-state index in [9.17, 15) is 14.9 Å². The van der Waals surface area contributed by atoms with Gasteiger partial charge in [0.05, 0.1) is 21.8 Å². The third-order valence-corrected chi connectivity index (χ3v) is 3.67. The summed E-state index contributed by atoms with van der Waals surface area (Å²) in [5, 5.41) is 15.2. The molecule has 0 fully saturated rings. The lowest BCUT2D eigenvalue weighted by Gasteiger charge is -1.97. The van der Waals surface area contributed by atoms with E-state index < -0.39 is 4.92 Å². The molecule has 0 spiro atoms. The minimum atomic E-state index is -0.475. The minimum absolute atomic E-state index is 0.00643. The molecule has 0 radical (unpaired) electrons. The Balaban J connectivity index is 2.00. The van der Waals surface area contributed by atoms with Gasteiger partial charge in [0.15, 0.2) is 0 Å². The number of hydrogen-bond donors (Lipinski definition) is 1. The Morgan fingerprint density at radius 2 is 2.05 bits per heavy atom. The van der Waals surface area contributed by atoms with Crippen molar-refractivity contribution in [3.05, 3.63) is 55.5 Å². The third-order valence-electron chi connectivity index (χ3n) is 2.59. The lowest BCUT2D eigenvalue weighted by Crippen LogP contribution is -2.17. The normalized spacial score (nSPS) is 10.8. The van der Waals surface area contributed by atoms with Crippen LogP contribution >= 0.6 is 11.3 Å². The molecule has 1 amide bonds. The van der Waals surface area contributed by atoms with Crippen molar-refractivity contribution in [1.82, 2.24) is 10.4 Å². The van der Waals surface area contributed by atoms with Crippen molar-refractivity contribution in [3.8, 4) is 0 Å². The zero-order valence-electron chi connectivity index (χ0n) is 11.4. The second-order valence-corrected chi connectivity index (χ2v) is 5.40. The van der Waals surface area contributed by atoms with Crippen LogP contribution in [-0.4, -0.2) is 22.0 Å². The third kappa shape index (κ3) is 3.69. The maximum atomic E-state index is 11.9. The number of hydrogen-bond acceptors (Lipinski definition) is 6. The van der Waals surface area contributed by atoms with Gasteiger partial charge in [-0.05, 0) is 31.5 Å². The first-order valence-electron chi connectivity index (χ1n) is 5.99. The van der Waals surface area contributed by atoms with Crippen molar-refractivity contribution < 1.29 is 9.72 Å². The van der Waals surface area contributed by atoms with Crippen LogP contribution in [0.1, 0.15) is 25.9 Å². The van der Waals surface area contributed by atoms with E-state index in [2.05, 4.69) is 15.5 Å². The number of non-ortho nitro benzene ring substituents is 1. The summed E-state index contributed by atoms with van der Waals surface area (Å²) < 4.78 is 0. The molecule has 7 nitrogen and oxygen atoms in total. The van der Waals surface area contributed by atoms with Gasteiger partial charge in [-0.25, -0.2) is 10.4 Å². The summed E-state index contributed by atoms with van der Waals surface area (Å²) in [5.74, 6) is -0.323. The number of benzene rings is 1. The molecule has 2 aromatic rings. The molecule has 0 bridgehead atoms. The lowest BCUT2D eigenvalue weighted by molar-refractivity contribution is -0.384. The molecule has 108 valence electrons. The fourth-order valence-corrected chi connectivity index (χ4v) is 2.45. The van der Waals surface area contributed by atoms with Crippen molar-refractivity contribution in [2.45, 2.75) is 13.8 Å². The van der Waals surface area contributed by atoms with E-state index in [1.54, 1.807) is 19.1 Å². The molecule has 1 aromatic heterocycles. The highest BCUT2D eigenvalue weighted by Gasteiger charge is 2.12. The summed E-state index contributed by atoms with van der Waals surface area (Å²) in [5.41, 5.74) is 3.73. The molecule has 0 unspecified atom stereocenters. The lowest BCUT2D eigenvalue weighted by atomic mass is 10.2. The first kappa shape index (κ1) is 14.8. The number of thiazole rings is 1. The van der Waals surface area contributed by atoms with Gasteiger partial charge >= 0.3 is 0 Å². The molecule has 2 rings (SSSR count). The fourth-order valence-electron chi connectivity index (χ4n) is 1.64. The summed E-state index contributed by atoms with van der Waals surface area (Å²) in [6.07, 6.45) is 1.42. The Labute approximate surface area is 124 Å². The highest BCUT2D eigenvalue weighted by molar-refractivity contribution is 7.13. The molecule has 0 saturated heterocycles. The van der Waals surface area contributed by atoms with E-state index in [0.717, 1.165) is 5.01 Å². The standard InChI is InChI=1S/C13H12N4O3S/c1-8-12(21-9(2)15-8)13(18)16-14-7-10-3-5-11(6-4-10)17(19)20/h3-7H,1-2H3,(H,16,18). The number of nitrogens with one attached hydrogen (secondary N) is 1. The van der Waals surface area contributed by atoms with E-state index in [1.165, 1.54) is 29.7 Å². The van der Waals surface area contributed by atoms with Crippen molar-refractivity contribution in [3.63, 3.8) is 0 Å². The maximum absolute atomic E-state index is 11.9. The maximum Gasteiger partial charge on any atom is 0.283 e. The van der Waals surface area contributed by atoms with E-state index >= 15 is 0 Å². The molecule has 21 heavy (non-hydrogen) atoms. The van der Waals surface area contributed by atoms with Gasteiger partial charge in [0, 0.05) is 12.1 Å². The molecular formula is C13H12N4O3S. The number of nitro groups is 1. The zero-order valence-corrected chi connectivity index (χ0v) is 12.2. The van der Waals surface area contributed by atoms with Crippen LogP contribution in [0.3, 0.4) is 0 Å². The molecule has 0 aliphatic heterocycles. The van der Waals surface area contributed by atoms with E-state index in [0.29, 0.717) is 16.1 Å². The first-order chi connectivity index (χ1) is 9.97. The van der Waals surface area contributed by atoms with Crippen molar-refractivity contribution in [2.24, 2.45) is 5.10 Å². The van der Waals surface area contributed by atoms with Gasteiger partial charge in [-0.1, -0.05) is 0 Å². The van der Waals surface area contributed by atoms with Crippen molar-refractivity contribution in [1.29, 1.82) is 0 Å². The fraction of sp³-hybridized carbons (Fsp3) is 0.154. The SMILES string of the molecule is Cc1nc(C)c(C(=O)NN=Cc2ccc([N+](=O)[O-])cc2)s1. The summed E-state index contributed by atoms with van der Waals surface area (Å²) in [6, 6.07) is 5.85. The molecule has 0 atom stereocenters. The van der Waals surface area contributed by atoms with Gasteiger partial charge in [-0.2, -0.15) is 5.10 Å². The number of hydrazone groups is 1. The van der Waals surface area contributed by atoms with E-state index in [4.69, 9.17) is 0 Å². The summed E-state index contributed by atoms with van der Waals surface area (Å²) in [4.78, 5) is 26.6. The minimum Gasteiger partial charge on any atom is -0.266 e. The molecule has 0 aliphatic rings. The second kappa shape index (κ2) is 6.23. The van der Waals surface area contributed by atoms with Gasteiger partial charge in [-0.3, -0.25) is 14.9 Å². The number of nitro benzene ring substituents is 1. The quantitative estimate of drug-likeness (QED) is 0.533. The number of carbonyl (C=O) groups is 1. The summed E-state index contributed by atoms with van der Waals surface area (Å²) in [6.45, 7) is 3.59. The van der Waals surface area contributed by atoms with Crippen LogP contribution in [0.4, 0.5) is 5.69 Å². The van der Waals surface area contributed by atoms with Crippen LogP contribution in [0.25, 0.3) is 0 Å². The van der Waals surface area contributed by atoms with Crippen molar-refractivity contribution in [2.75, 3.05) is 0 Å². The number of rotatable bonds is 4.